The topological polar surface area (TPSA) is 103 Å². The maximum Gasteiger partial charge on any atom is 0.165 e. The molecule has 8 heteroatoms. The van der Waals surface area contributed by atoms with Crippen LogP contribution in [-0.4, -0.2) is 56.1 Å². The number of rotatable bonds is 5. The Kier molecular flexibility index (Phi) is 4.14. The third kappa shape index (κ3) is 2.74. The van der Waals surface area contributed by atoms with Gasteiger partial charge in [-0.1, -0.05) is 0 Å². The van der Waals surface area contributed by atoms with Crippen LogP contribution >= 0.6 is 0 Å². The average molecular weight is 327 g/mol. The van der Waals surface area contributed by atoms with Crippen LogP contribution in [0, 0.1) is 0 Å². The number of aromatic nitrogens is 5. The highest BCUT2D eigenvalue weighted by Crippen LogP contribution is 2.29. The van der Waals surface area contributed by atoms with E-state index in [4.69, 9.17) is 10.1 Å². The highest BCUT2D eigenvalue weighted by atomic mass is 16.3. The maximum atomic E-state index is 9.14. The van der Waals surface area contributed by atoms with Gasteiger partial charge in [0.05, 0.1) is 24.7 Å². The second kappa shape index (κ2) is 6.58. The Balaban J connectivity index is 1.82. The Morgan fingerprint density at radius 1 is 1.38 bits per heavy atom. The van der Waals surface area contributed by atoms with E-state index in [9.17, 15) is 0 Å². The number of nitrogens with one attached hydrogen (secondary N) is 3. The molecule has 0 saturated carbocycles. The summed E-state index contributed by atoms with van der Waals surface area (Å²) in [5.74, 6) is 1.25. The van der Waals surface area contributed by atoms with Gasteiger partial charge in [0.25, 0.3) is 0 Å². The van der Waals surface area contributed by atoms with Crippen LogP contribution in [0.5, 0.6) is 0 Å². The maximum absolute atomic E-state index is 9.14. The van der Waals surface area contributed by atoms with Crippen molar-refractivity contribution in [2.45, 2.75) is 18.8 Å². The SMILES string of the molecule is OCCNc1cc(C2CCCNC2)nc2c(-c3cn[nH]c3)cnn12. The number of H-pyrrole nitrogens is 1. The Bertz CT molecular complexity index is 805. The molecule has 24 heavy (non-hydrogen) atoms. The standard InChI is InChI=1S/C16H21N7O/c24-5-4-18-15-6-14(11-2-1-3-17-7-11)22-16-13(10-21-23(15)16)12-8-19-20-9-12/h6,8-11,17-18,24H,1-5,7H2,(H,19,20). The third-order valence-corrected chi connectivity index (χ3v) is 4.43. The van der Waals surface area contributed by atoms with Gasteiger partial charge in [0.2, 0.25) is 0 Å². The molecule has 1 aliphatic rings. The zero-order valence-corrected chi connectivity index (χ0v) is 13.4. The van der Waals surface area contributed by atoms with E-state index in [2.05, 4.69) is 25.9 Å². The van der Waals surface area contributed by atoms with Crippen molar-refractivity contribution in [1.29, 1.82) is 0 Å². The summed E-state index contributed by atoms with van der Waals surface area (Å²) in [5, 5.41) is 27.2. The van der Waals surface area contributed by atoms with Gasteiger partial charge in [-0.3, -0.25) is 5.10 Å². The van der Waals surface area contributed by atoms with E-state index in [0.717, 1.165) is 54.2 Å². The minimum atomic E-state index is 0.0694. The van der Waals surface area contributed by atoms with Crippen molar-refractivity contribution in [3.63, 3.8) is 0 Å². The molecule has 0 aromatic carbocycles. The second-order valence-electron chi connectivity index (χ2n) is 6.04. The van der Waals surface area contributed by atoms with Crippen molar-refractivity contribution >= 4 is 11.5 Å². The summed E-state index contributed by atoms with van der Waals surface area (Å²) in [6.07, 6.45) is 7.71. The van der Waals surface area contributed by atoms with Crippen molar-refractivity contribution < 1.29 is 5.11 Å². The molecule has 1 unspecified atom stereocenters. The summed E-state index contributed by atoms with van der Waals surface area (Å²) in [6.45, 7) is 2.56. The molecule has 4 heterocycles. The molecular weight excluding hydrogens is 306 g/mol. The lowest BCUT2D eigenvalue weighted by atomic mass is 9.96. The summed E-state index contributed by atoms with van der Waals surface area (Å²) >= 11 is 0. The monoisotopic (exact) mass is 327 g/mol. The lowest BCUT2D eigenvalue weighted by molar-refractivity contribution is 0.311. The lowest BCUT2D eigenvalue weighted by Gasteiger charge is -2.23. The molecule has 4 N–H and O–H groups in total. The van der Waals surface area contributed by atoms with Crippen molar-refractivity contribution in [1.82, 2.24) is 30.1 Å². The van der Waals surface area contributed by atoms with Crippen LogP contribution in [0.15, 0.2) is 24.7 Å². The molecule has 1 fully saturated rings. The van der Waals surface area contributed by atoms with Crippen LogP contribution in [0.25, 0.3) is 16.8 Å². The molecule has 1 saturated heterocycles. The van der Waals surface area contributed by atoms with Gasteiger partial charge in [-0.05, 0) is 19.4 Å². The minimum Gasteiger partial charge on any atom is -0.395 e. The normalized spacial score (nSPS) is 18.1. The number of aromatic amines is 1. The number of hydrogen-bond acceptors (Lipinski definition) is 6. The van der Waals surface area contributed by atoms with Crippen LogP contribution < -0.4 is 10.6 Å². The van der Waals surface area contributed by atoms with Gasteiger partial charge in [0.15, 0.2) is 5.65 Å². The van der Waals surface area contributed by atoms with E-state index in [1.807, 2.05) is 12.3 Å². The highest BCUT2D eigenvalue weighted by Gasteiger charge is 2.20. The van der Waals surface area contributed by atoms with Gasteiger partial charge in [-0.25, -0.2) is 4.98 Å². The van der Waals surface area contributed by atoms with Crippen LogP contribution in [-0.2, 0) is 0 Å². The Hall–Kier alpha value is -2.45. The van der Waals surface area contributed by atoms with Crippen molar-refractivity contribution in [2.24, 2.45) is 0 Å². The third-order valence-electron chi connectivity index (χ3n) is 4.43. The van der Waals surface area contributed by atoms with Crippen LogP contribution in [0.1, 0.15) is 24.5 Å². The van der Waals surface area contributed by atoms with Gasteiger partial charge in [-0.15, -0.1) is 0 Å². The predicted octanol–water partition coefficient (Wildman–Crippen LogP) is 0.991. The van der Waals surface area contributed by atoms with E-state index < -0.39 is 0 Å². The molecule has 0 aliphatic carbocycles. The first kappa shape index (κ1) is 15.1. The van der Waals surface area contributed by atoms with Crippen LogP contribution in [0.2, 0.25) is 0 Å². The fraction of sp³-hybridized carbons (Fsp3) is 0.438. The second-order valence-corrected chi connectivity index (χ2v) is 6.04. The molecule has 4 rings (SSSR count). The van der Waals surface area contributed by atoms with Crippen molar-refractivity contribution in [3.05, 3.63) is 30.4 Å². The number of hydrogen-bond donors (Lipinski definition) is 4. The molecular formula is C16H21N7O. The first-order valence-electron chi connectivity index (χ1n) is 8.30. The van der Waals surface area contributed by atoms with Gasteiger partial charge in [0, 0.05) is 42.4 Å². The number of aliphatic hydroxyl groups excluding tert-OH is 1. The summed E-state index contributed by atoms with van der Waals surface area (Å²) in [4.78, 5) is 4.90. The number of aliphatic hydroxyl groups is 1. The fourth-order valence-corrected chi connectivity index (χ4v) is 3.21. The Labute approximate surface area is 139 Å². The Morgan fingerprint density at radius 3 is 3.08 bits per heavy atom. The van der Waals surface area contributed by atoms with Gasteiger partial charge < -0.3 is 15.7 Å². The molecule has 0 radical (unpaired) electrons. The van der Waals surface area contributed by atoms with Crippen molar-refractivity contribution in [3.8, 4) is 11.1 Å². The number of anilines is 1. The summed E-state index contributed by atoms with van der Waals surface area (Å²) in [7, 11) is 0. The molecule has 3 aromatic heterocycles. The van der Waals surface area contributed by atoms with Gasteiger partial charge >= 0.3 is 0 Å². The smallest absolute Gasteiger partial charge is 0.165 e. The molecule has 0 amide bonds. The fourth-order valence-electron chi connectivity index (χ4n) is 3.21. The highest BCUT2D eigenvalue weighted by molar-refractivity contribution is 5.77. The minimum absolute atomic E-state index is 0.0694. The van der Waals surface area contributed by atoms with Gasteiger partial charge in [0.1, 0.15) is 5.82 Å². The van der Waals surface area contributed by atoms with Gasteiger partial charge in [-0.2, -0.15) is 14.7 Å². The first-order chi connectivity index (χ1) is 11.9. The molecule has 0 spiro atoms. The average Bonchev–Trinajstić information content (AvgIpc) is 3.29. The van der Waals surface area contributed by atoms with Crippen LogP contribution in [0.4, 0.5) is 5.82 Å². The zero-order valence-electron chi connectivity index (χ0n) is 13.4. The summed E-state index contributed by atoms with van der Waals surface area (Å²) in [6, 6.07) is 2.05. The molecule has 3 aromatic rings. The first-order valence-corrected chi connectivity index (χ1v) is 8.30. The quantitative estimate of drug-likeness (QED) is 0.557. The van der Waals surface area contributed by atoms with E-state index in [1.54, 1.807) is 16.9 Å². The lowest BCUT2D eigenvalue weighted by Crippen LogP contribution is -2.29. The van der Waals surface area contributed by atoms with E-state index in [1.165, 1.54) is 0 Å². The molecule has 0 bridgehead atoms. The zero-order chi connectivity index (χ0) is 16.4. The molecule has 126 valence electrons. The van der Waals surface area contributed by atoms with Crippen LogP contribution in [0.3, 0.4) is 0 Å². The summed E-state index contributed by atoms with van der Waals surface area (Å²) < 4.78 is 1.79. The Morgan fingerprint density at radius 2 is 2.33 bits per heavy atom. The number of piperidine rings is 1. The van der Waals surface area contributed by atoms with E-state index >= 15 is 0 Å². The number of fused-ring (bicyclic) bond motifs is 1. The predicted molar refractivity (Wildman–Crippen MR) is 91.0 cm³/mol. The number of nitrogens with zero attached hydrogens (tertiary/aromatic N) is 4. The molecule has 1 aliphatic heterocycles. The molecule has 8 nitrogen and oxygen atoms in total. The van der Waals surface area contributed by atoms with Crippen molar-refractivity contribution in [2.75, 3.05) is 31.6 Å². The largest absolute Gasteiger partial charge is 0.395 e. The van der Waals surface area contributed by atoms with E-state index in [0.29, 0.717) is 12.5 Å². The molecule has 1 atom stereocenters. The van der Waals surface area contributed by atoms with E-state index in [-0.39, 0.29) is 6.61 Å². The summed E-state index contributed by atoms with van der Waals surface area (Å²) in [5.41, 5.74) is 3.77.